The number of anilines is 2. The molecule has 2 aliphatic rings. The Bertz CT molecular complexity index is 1550. The second-order valence-electron chi connectivity index (χ2n) is 10.3. The molecule has 0 saturated carbocycles. The number of nitrogens with zero attached hydrogens (tertiary/aromatic N) is 4. The summed E-state index contributed by atoms with van der Waals surface area (Å²) in [5, 5.41) is 3.99. The predicted molar refractivity (Wildman–Crippen MR) is 158 cm³/mol. The summed E-state index contributed by atoms with van der Waals surface area (Å²) in [6.07, 6.45) is -2.75. The van der Waals surface area contributed by atoms with E-state index in [0.717, 1.165) is 41.8 Å². The number of para-hydroxylation sites is 1. The summed E-state index contributed by atoms with van der Waals surface area (Å²) in [5.41, 5.74) is 4.52. The molecule has 6 nitrogen and oxygen atoms in total. The SMILES string of the molecule is Cc1cc([C@H]2[C@H](c3ccccn3)NC(=S)N2c2ccc(N3CCOCC3)cc2)c(C)n1-c1ccccc1C(F)(F)F. The van der Waals surface area contributed by atoms with Crippen LogP contribution in [0.1, 0.15) is 40.3 Å². The van der Waals surface area contributed by atoms with Gasteiger partial charge in [-0.25, -0.2) is 0 Å². The van der Waals surface area contributed by atoms with E-state index in [4.69, 9.17) is 17.0 Å². The molecule has 2 aromatic heterocycles. The van der Waals surface area contributed by atoms with Crippen LogP contribution in [0.3, 0.4) is 0 Å². The first-order valence-corrected chi connectivity index (χ1v) is 13.9. The van der Waals surface area contributed by atoms with Crippen molar-refractivity contribution in [3.8, 4) is 5.69 Å². The number of pyridine rings is 1. The highest BCUT2D eigenvalue weighted by molar-refractivity contribution is 7.80. The third-order valence-corrected chi connectivity index (χ3v) is 8.16. The largest absolute Gasteiger partial charge is 0.418 e. The van der Waals surface area contributed by atoms with E-state index in [9.17, 15) is 13.2 Å². The number of halogens is 3. The lowest BCUT2D eigenvalue weighted by Crippen LogP contribution is -2.36. The molecule has 0 aliphatic carbocycles. The Kier molecular flexibility index (Phi) is 7.21. The van der Waals surface area contributed by atoms with E-state index < -0.39 is 11.7 Å². The van der Waals surface area contributed by atoms with Crippen molar-refractivity contribution < 1.29 is 17.9 Å². The monoisotopic (exact) mass is 577 g/mol. The number of nitrogens with one attached hydrogen (secondary N) is 1. The van der Waals surface area contributed by atoms with Crippen LogP contribution >= 0.6 is 12.2 Å². The summed E-state index contributed by atoms with van der Waals surface area (Å²) in [4.78, 5) is 8.96. The van der Waals surface area contributed by atoms with E-state index in [1.54, 1.807) is 16.8 Å². The van der Waals surface area contributed by atoms with Gasteiger partial charge in [0.05, 0.1) is 42.2 Å². The van der Waals surface area contributed by atoms with Crippen molar-refractivity contribution in [1.82, 2.24) is 14.9 Å². The predicted octanol–water partition coefficient (Wildman–Crippen LogP) is 6.52. The minimum atomic E-state index is -4.48. The molecule has 0 bridgehead atoms. The van der Waals surface area contributed by atoms with Crippen LogP contribution in [0.4, 0.5) is 24.5 Å². The Morgan fingerprint density at radius 1 is 0.927 bits per heavy atom. The number of rotatable bonds is 5. The number of aryl methyl sites for hydroxylation is 1. The highest BCUT2D eigenvalue weighted by atomic mass is 32.1. The number of ether oxygens (including phenoxy) is 1. The van der Waals surface area contributed by atoms with E-state index >= 15 is 0 Å². The average molecular weight is 578 g/mol. The Morgan fingerprint density at radius 2 is 1.61 bits per heavy atom. The lowest BCUT2D eigenvalue weighted by molar-refractivity contribution is -0.137. The zero-order valence-electron chi connectivity index (χ0n) is 22.7. The van der Waals surface area contributed by atoms with Crippen LogP contribution in [0, 0.1) is 13.8 Å². The fourth-order valence-electron chi connectivity index (χ4n) is 5.96. The van der Waals surface area contributed by atoms with Crippen LogP contribution in [0.25, 0.3) is 5.69 Å². The summed E-state index contributed by atoms with van der Waals surface area (Å²) >= 11 is 5.89. The molecule has 1 N–H and O–H groups in total. The number of alkyl halides is 3. The van der Waals surface area contributed by atoms with Gasteiger partial charge < -0.3 is 24.4 Å². The number of hydrogen-bond donors (Lipinski definition) is 1. The topological polar surface area (TPSA) is 45.6 Å². The highest BCUT2D eigenvalue weighted by Gasteiger charge is 2.43. The third-order valence-electron chi connectivity index (χ3n) is 7.84. The first kappa shape index (κ1) is 27.3. The number of aromatic nitrogens is 2. The second kappa shape index (κ2) is 10.8. The van der Waals surface area contributed by atoms with E-state index in [1.807, 2.05) is 50.2 Å². The zero-order chi connectivity index (χ0) is 28.7. The van der Waals surface area contributed by atoms with Crippen molar-refractivity contribution >= 4 is 28.7 Å². The summed E-state index contributed by atoms with van der Waals surface area (Å²) in [6, 6.07) is 21.0. The Hall–Kier alpha value is -3.89. The number of hydrogen-bond acceptors (Lipinski definition) is 4. The second-order valence-corrected chi connectivity index (χ2v) is 10.7. The van der Waals surface area contributed by atoms with Crippen molar-refractivity contribution in [2.24, 2.45) is 0 Å². The fraction of sp³-hybridized carbons (Fsp3) is 0.290. The van der Waals surface area contributed by atoms with Gasteiger partial charge in [0.25, 0.3) is 0 Å². The summed E-state index contributed by atoms with van der Waals surface area (Å²) in [5.74, 6) is 0. The van der Waals surface area contributed by atoms with Gasteiger partial charge in [0, 0.05) is 42.0 Å². The standard InChI is InChI=1S/C31H30F3N5OS/c1-20-19-24(21(2)38(20)27-9-4-3-7-25(27)31(32,33)34)29-28(26-8-5-6-14-35-26)36-30(41)39(29)23-12-10-22(11-13-23)37-15-17-40-18-16-37/h3-14,19,28-29H,15-18H2,1-2H3,(H,36,41)/t28-,29-/m0/s1. The van der Waals surface area contributed by atoms with Crippen LogP contribution in [-0.4, -0.2) is 41.0 Å². The molecule has 6 rings (SSSR count). The van der Waals surface area contributed by atoms with Gasteiger partial charge in [-0.05, 0) is 86.2 Å². The Morgan fingerprint density at radius 3 is 2.29 bits per heavy atom. The first-order valence-electron chi connectivity index (χ1n) is 13.5. The van der Waals surface area contributed by atoms with Crippen LogP contribution < -0.4 is 15.1 Å². The maximum atomic E-state index is 14.0. The molecular formula is C31H30F3N5OS. The van der Waals surface area contributed by atoms with Crippen LogP contribution in [0.15, 0.2) is 79.0 Å². The van der Waals surface area contributed by atoms with E-state index in [-0.39, 0.29) is 17.8 Å². The minimum absolute atomic E-state index is 0.102. The molecule has 41 heavy (non-hydrogen) atoms. The van der Waals surface area contributed by atoms with Crippen molar-refractivity contribution in [2.75, 3.05) is 36.1 Å². The van der Waals surface area contributed by atoms with Gasteiger partial charge in [-0.3, -0.25) is 4.98 Å². The lowest BCUT2D eigenvalue weighted by atomic mass is 9.96. The molecule has 0 spiro atoms. The minimum Gasteiger partial charge on any atom is -0.378 e. The molecular weight excluding hydrogens is 547 g/mol. The lowest BCUT2D eigenvalue weighted by Gasteiger charge is -2.31. The van der Waals surface area contributed by atoms with Gasteiger partial charge in [-0.2, -0.15) is 13.2 Å². The molecule has 2 aliphatic heterocycles. The third kappa shape index (κ3) is 5.06. The molecule has 4 heterocycles. The van der Waals surface area contributed by atoms with Crippen LogP contribution in [0.2, 0.25) is 0 Å². The van der Waals surface area contributed by atoms with Crippen molar-refractivity contribution in [3.05, 3.63) is 107 Å². The van der Waals surface area contributed by atoms with Crippen LogP contribution in [-0.2, 0) is 10.9 Å². The smallest absolute Gasteiger partial charge is 0.378 e. The molecule has 0 radical (unpaired) electrons. The maximum absolute atomic E-state index is 14.0. The van der Waals surface area contributed by atoms with Gasteiger partial charge in [0.1, 0.15) is 0 Å². The summed E-state index contributed by atoms with van der Waals surface area (Å²) < 4.78 is 49.3. The summed E-state index contributed by atoms with van der Waals surface area (Å²) in [6.45, 7) is 6.76. The highest BCUT2D eigenvalue weighted by Crippen LogP contribution is 2.45. The van der Waals surface area contributed by atoms with Gasteiger partial charge in [0.2, 0.25) is 0 Å². The van der Waals surface area contributed by atoms with Crippen molar-refractivity contribution in [2.45, 2.75) is 32.1 Å². The Labute approximate surface area is 242 Å². The zero-order valence-corrected chi connectivity index (χ0v) is 23.5. The fourth-order valence-corrected chi connectivity index (χ4v) is 6.31. The molecule has 0 amide bonds. The number of thiocarbonyl (C=S) groups is 1. The quantitative estimate of drug-likeness (QED) is 0.273. The maximum Gasteiger partial charge on any atom is 0.418 e. The molecule has 10 heteroatoms. The van der Waals surface area contributed by atoms with E-state index in [2.05, 4.69) is 32.2 Å². The number of morpholine rings is 1. The van der Waals surface area contributed by atoms with Gasteiger partial charge in [-0.1, -0.05) is 18.2 Å². The average Bonchev–Trinajstić information content (AvgIpc) is 3.48. The van der Waals surface area contributed by atoms with Gasteiger partial charge in [-0.15, -0.1) is 0 Å². The molecule has 2 saturated heterocycles. The van der Waals surface area contributed by atoms with E-state index in [0.29, 0.717) is 29.7 Å². The first-order chi connectivity index (χ1) is 19.7. The van der Waals surface area contributed by atoms with Gasteiger partial charge in [0.15, 0.2) is 5.11 Å². The molecule has 2 fully saturated rings. The molecule has 2 atom stereocenters. The van der Waals surface area contributed by atoms with Crippen LogP contribution in [0.5, 0.6) is 0 Å². The Balaban J connectivity index is 1.46. The molecule has 2 aromatic carbocycles. The molecule has 212 valence electrons. The normalized spacial score (nSPS) is 19.5. The van der Waals surface area contributed by atoms with Crippen molar-refractivity contribution in [3.63, 3.8) is 0 Å². The van der Waals surface area contributed by atoms with Crippen molar-refractivity contribution in [1.29, 1.82) is 0 Å². The molecule has 0 unspecified atom stereocenters. The van der Waals surface area contributed by atoms with Gasteiger partial charge >= 0.3 is 6.18 Å². The summed E-state index contributed by atoms with van der Waals surface area (Å²) in [7, 11) is 0. The van der Waals surface area contributed by atoms with E-state index in [1.165, 1.54) is 12.1 Å². The molecule has 4 aromatic rings. The number of benzene rings is 2.